The van der Waals surface area contributed by atoms with Gasteiger partial charge < -0.3 is 0 Å². The van der Waals surface area contributed by atoms with Crippen molar-refractivity contribution in [1.82, 2.24) is 0 Å². The van der Waals surface area contributed by atoms with Gasteiger partial charge in [-0.2, -0.15) is 13.2 Å². The minimum absolute atomic E-state index is 0.0951. The number of benzene rings is 1. The molecule has 1 aromatic carbocycles. The molecule has 0 nitrogen and oxygen atoms in total. The second-order valence-electron chi connectivity index (χ2n) is 3.50. The molecule has 0 saturated heterocycles. The summed E-state index contributed by atoms with van der Waals surface area (Å²) in [5.74, 6) is -0.692. The first kappa shape index (κ1) is 9.49. The van der Waals surface area contributed by atoms with E-state index in [0.717, 1.165) is 31.0 Å². The molecule has 1 saturated carbocycles. The van der Waals surface area contributed by atoms with Gasteiger partial charge in [0.1, 0.15) is 5.82 Å². The van der Waals surface area contributed by atoms with Crippen LogP contribution in [0.25, 0.3) is 0 Å². The molecule has 0 bridgehead atoms. The number of alkyl halides is 3. The first-order chi connectivity index (χ1) is 6.48. The maximum absolute atomic E-state index is 12.8. The van der Waals surface area contributed by atoms with Gasteiger partial charge in [-0.05, 0) is 42.5 Å². The smallest absolute Gasteiger partial charge is 0.207 e. The topological polar surface area (TPSA) is 0 Å². The molecule has 14 heavy (non-hydrogen) atoms. The van der Waals surface area contributed by atoms with Gasteiger partial charge in [0, 0.05) is 0 Å². The van der Waals surface area contributed by atoms with Crippen LogP contribution in [0.4, 0.5) is 17.6 Å². The third-order valence-electron chi connectivity index (χ3n) is 2.34. The molecule has 1 aliphatic carbocycles. The highest BCUT2D eigenvalue weighted by atomic mass is 19.4. The molecule has 0 N–H and O–H groups in total. The van der Waals surface area contributed by atoms with Gasteiger partial charge in [0.25, 0.3) is 0 Å². The molecule has 0 aromatic heterocycles. The minimum atomic E-state index is -4.37. The third kappa shape index (κ3) is 1.74. The van der Waals surface area contributed by atoms with E-state index < -0.39 is 17.6 Å². The van der Waals surface area contributed by atoms with Crippen molar-refractivity contribution in [2.24, 2.45) is 0 Å². The van der Waals surface area contributed by atoms with E-state index in [1.807, 2.05) is 0 Å². The Morgan fingerprint density at radius 1 is 1.14 bits per heavy atom. The average Bonchev–Trinajstić information content (AvgIpc) is 2.83. The molecule has 0 atom stereocenters. The Labute approximate surface area is 78.5 Å². The van der Waals surface area contributed by atoms with Crippen molar-refractivity contribution < 1.29 is 17.6 Å². The Bertz CT molecular complexity index is 350. The van der Waals surface area contributed by atoms with Crippen LogP contribution < -0.4 is 0 Å². The molecule has 1 aromatic rings. The second kappa shape index (κ2) is 2.97. The predicted molar refractivity (Wildman–Crippen MR) is 43.4 cm³/mol. The van der Waals surface area contributed by atoms with Gasteiger partial charge in [0.15, 0.2) is 0 Å². The van der Waals surface area contributed by atoms with Gasteiger partial charge in [-0.15, -0.1) is 0 Å². The molecule has 0 radical (unpaired) electrons. The predicted octanol–water partition coefficient (Wildman–Crippen LogP) is 3.72. The standard InChI is InChI=1S/C10H8F4/c11-7-3-4-9(10(12,13)14)8(5-7)6-1-2-6/h3-6H,1-2H2. The van der Waals surface area contributed by atoms with Crippen LogP contribution in [0, 0.1) is 5.82 Å². The molecule has 1 fully saturated rings. The molecule has 76 valence electrons. The molecular formula is C10H8F4. The third-order valence-corrected chi connectivity index (χ3v) is 2.34. The fourth-order valence-corrected chi connectivity index (χ4v) is 1.52. The summed E-state index contributed by atoms with van der Waals surface area (Å²) in [6.07, 6.45) is -2.91. The second-order valence-corrected chi connectivity index (χ2v) is 3.50. The lowest BCUT2D eigenvalue weighted by Crippen LogP contribution is -2.08. The maximum Gasteiger partial charge on any atom is 0.416 e. The Hall–Kier alpha value is -1.06. The van der Waals surface area contributed by atoms with E-state index in [2.05, 4.69) is 0 Å². The molecule has 2 rings (SSSR count). The van der Waals surface area contributed by atoms with Gasteiger partial charge in [-0.1, -0.05) is 0 Å². The molecule has 4 heteroatoms. The summed E-state index contributed by atoms with van der Waals surface area (Å²) in [6.45, 7) is 0. The van der Waals surface area contributed by atoms with Crippen molar-refractivity contribution in [3.8, 4) is 0 Å². The summed E-state index contributed by atoms with van der Waals surface area (Å²) >= 11 is 0. The van der Waals surface area contributed by atoms with Crippen molar-refractivity contribution in [1.29, 1.82) is 0 Å². The van der Waals surface area contributed by atoms with Crippen LogP contribution in [0.1, 0.15) is 29.9 Å². The summed E-state index contributed by atoms with van der Waals surface area (Å²) in [6, 6.07) is 2.68. The number of hydrogen-bond donors (Lipinski definition) is 0. The highest BCUT2D eigenvalue weighted by molar-refractivity contribution is 5.35. The molecule has 1 aliphatic rings. The lowest BCUT2D eigenvalue weighted by atomic mass is 10.0. The average molecular weight is 204 g/mol. The van der Waals surface area contributed by atoms with E-state index in [-0.39, 0.29) is 11.5 Å². The number of rotatable bonds is 1. The molecular weight excluding hydrogens is 196 g/mol. The normalized spacial score (nSPS) is 17.1. The number of hydrogen-bond acceptors (Lipinski definition) is 0. The van der Waals surface area contributed by atoms with E-state index in [4.69, 9.17) is 0 Å². The minimum Gasteiger partial charge on any atom is -0.207 e. The van der Waals surface area contributed by atoms with Crippen molar-refractivity contribution in [3.05, 3.63) is 35.1 Å². The van der Waals surface area contributed by atoms with Crippen molar-refractivity contribution in [2.45, 2.75) is 24.9 Å². The maximum atomic E-state index is 12.8. The van der Waals surface area contributed by atoms with Crippen LogP contribution in [0.3, 0.4) is 0 Å². The van der Waals surface area contributed by atoms with Gasteiger partial charge >= 0.3 is 6.18 Å². The van der Waals surface area contributed by atoms with Crippen LogP contribution in [-0.4, -0.2) is 0 Å². The summed E-state index contributed by atoms with van der Waals surface area (Å²) in [5.41, 5.74) is -0.584. The summed E-state index contributed by atoms with van der Waals surface area (Å²) < 4.78 is 50.1. The van der Waals surface area contributed by atoms with Gasteiger partial charge in [-0.3, -0.25) is 0 Å². The lowest BCUT2D eigenvalue weighted by Gasteiger charge is -2.11. The fourth-order valence-electron chi connectivity index (χ4n) is 1.52. The molecule has 0 amide bonds. The first-order valence-corrected chi connectivity index (χ1v) is 4.35. The molecule has 0 unspecified atom stereocenters. The van der Waals surface area contributed by atoms with Crippen molar-refractivity contribution in [2.75, 3.05) is 0 Å². The van der Waals surface area contributed by atoms with Crippen LogP contribution >= 0.6 is 0 Å². The van der Waals surface area contributed by atoms with Crippen LogP contribution in [0.5, 0.6) is 0 Å². The number of halogens is 4. The van der Waals surface area contributed by atoms with E-state index in [0.29, 0.717) is 0 Å². The highest BCUT2D eigenvalue weighted by Gasteiger charge is 2.38. The van der Waals surface area contributed by atoms with Crippen LogP contribution in [0.2, 0.25) is 0 Å². The Balaban J connectivity index is 2.47. The zero-order valence-electron chi connectivity index (χ0n) is 7.24. The van der Waals surface area contributed by atoms with Gasteiger partial charge in [0.2, 0.25) is 0 Å². The van der Waals surface area contributed by atoms with Crippen LogP contribution in [-0.2, 0) is 6.18 Å². The van der Waals surface area contributed by atoms with Gasteiger partial charge in [0.05, 0.1) is 5.56 Å². The largest absolute Gasteiger partial charge is 0.416 e. The fraction of sp³-hybridized carbons (Fsp3) is 0.400. The zero-order chi connectivity index (χ0) is 10.3. The van der Waals surface area contributed by atoms with Crippen molar-refractivity contribution >= 4 is 0 Å². The summed E-state index contributed by atoms with van der Waals surface area (Å²) in [4.78, 5) is 0. The highest BCUT2D eigenvalue weighted by Crippen LogP contribution is 2.45. The molecule has 0 heterocycles. The molecule has 0 aliphatic heterocycles. The molecule has 0 spiro atoms. The van der Waals surface area contributed by atoms with Crippen LogP contribution in [0.15, 0.2) is 18.2 Å². The van der Waals surface area contributed by atoms with E-state index in [1.165, 1.54) is 0 Å². The lowest BCUT2D eigenvalue weighted by molar-refractivity contribution is -0.138. The Kier molecular flexibility index (Phi) is 2.01. The SMILES string of the molecule is Fc1ccc(C(F)(F)F)c(C2CC2)c1. The van der Waals surface area contributed by atoms with E-state index in [1.54, 1.807) is 0 Å². The Morgan fingerprint density at radius 3 is 2.29 bits per heavy atom. The monoisotopic (exact) mass is 204 g/mol. The first-order valence-electron chi connectivity index (χ1n) is 4.35. The van der Waals surface area contributed by atoms with E-state index >= 15 is 0 Å². The van der Waals surface area contributed by atoms with Gasteiger partial charge in [-0.25, -0.2) is 4.39 Å². The quantitative estimate of drug-likeness (QED) is 0.611. The van der Waals surface area contributed by atoms with E-state index in [9.17, 15) is 17.6 Å². The zero-order valence-corrected chi connectivity index (χ0v) is 7.24. The van der Waals surface area contributed by atoms with Crippen molar-refractivity contribution in [3.63, 3.8) is 0 Å². The summed E-state index contributed by atoms with van der Waals surface area (Å²) in [5, 5.41) is 0. The summed E-state index contributed by atoms with van der Waals surface area (Å²) in [7, 11) is 0. The Morgan fingerprint density at radius 2 is 1.79 bits per heavy atom.